The number of ether oxygens (including phenoxy) is 4. The minimum absolute atomic E-state index is 0.0648. The Bertz CT molecular complexity index is 654. The van der Waals surface area contributed by atoms with E-state index in [1.807, 2.05) is 6.07 Å². The number of hydrogen-bond donors (Lipinski definition) is 1. The van der Waals surface area contributed by atoms with E-state index in [2.05, 4.69) is 11.9 Å². The maximum absolute atomic E-state index is 12.1. The Morgan fingerprint density at radius 1 is 1.11 bits per heavy atom. The average Bonchev–Trinajstić information content (AvgIpc) is 2.65. The van der Waals surface area contributed by atoms with Crippen LogP contribution in [0.5, 0.6) is 11.5 Å². The maximum Gasteiger partial charge on any atom is 0.340 e. The molecule has 1 amide bonds. The topological polar surface area (TPSA) is 100 Å². The molecular weight excluding hydrogens is 354 g/mol. The predicted molar refractivity (Wildman–Crippen MR) is 97.6 cm³/mol. The van der Waals surface area contributed by atoms with E-state index < -0.39 is 30.5 Å². The molecule has 27 heavy (non-hydrogen) atoms. The van der Waals surface area contributed by atoms with Crippen LogP contribution in [0.4, 0.5) is 0 Å². The van der Waals surface area contributed by atoms with Crippen molar-refractivity contribution in [3.05, 3.63) is 36.4 Å². The highest BCUT2D eigenvalue weighted by Crippen LogP contribution is 2.28. The highest BCUT2D eigenvalue weighted by atomic mass is 16.6. The molecule has 0 aliphatic carbocycles. The first-order chi connectivity index (χ1) is 13.0. The van der Waals surface area contributed by atoms with Crippen molar-refractivity contribution in [1.29, 1.82) is 0 Å². The number of hydrogen-bond acceptors (Lipinski definition) is 7. The quantitative estimate of drug-likeness (QED) is 0.352. The Morgan fingerprint density at radius 3 is 2.26 bits per heavy atom. The zero-order valence-electron chi connectivity index (χ0n) is 15.8. The molecule has 0 unspecified atom stereocenters. The summed E-state index contributed by atoms with van der Waals surface area (Å²) in [6.45, 7) is 6.56. The summed E-state index contributed by atoms with van der Waals surface area (Å²) < 4.78 is 20.3. The molecule has 0 radical (unpaired) electrons. The molecule has 0 saturated heterocycles. The average molecular weight is 379 g/mol. The van der Waals surface area contributed by atoms with Crippen LogP contribution in [0.25, 0.3) is 0 Å². The third kappa shape index (κ3) is 7.01. The third-order valence-corrected chi connectivity index (χ3v) is 3.32. The number of amides is 1. The minimum Gasteiger partial charge on any atom is -0.493 e. The van der Waals surface area contributed by atoms with Gasteiger partial charge in [0.05, 0.1) is 20.3 Å². The lowest BCUT2D eigenvalue weighted by Crippen LogP contribution is -2.49. The fraction of sp³-hybridized carbons (Fsp3) is 0.421. The Hall–Kier alpha value is -3.03. The molecule has 1 N–H and O–H groups in total. The highest BCUT2D eigenvalue weighted by molar-refractivity contribution is 6.02. The monoisotopic (exact) mass is 379 g/mol. The van der Waals surface area contributed by atoms with Crippen molar-refractivity contribution in [3.63, 3.8) is 0 Å². The molecule has 8 heteroatoms. The zero-order valence-corrected chi connectivity index (χ0v) is 15.8. The highest BCUT2D eigenvalue weighted by Gasteiger charge is 2.31. The maximum atomic E-state index is 12.1. The van der Waals surface area contributed by atoms with E-state index >= 15 is 0 Å². The standard InChI is InChI=1S/C19H25NO7/c1-5-8-13-9-10-14(15(11-13)24-4)27-12-16(21)20-17(18(22)25-6-2)19(23)26-7-3/h5,9-11,17H,1,6-8,12H2,2-4H3,(H,20,21). The van der Waals surface area contributed by atoms with Crippen LogP contribution in [-0.2, 0) is 30.3 Å². The summed E-state index contributed by atoms with van der Waals surface area (Å²) in [5.41, 5.74) is 0.975. The lowest BCUT2D eigenvalue weighted by molar-refractivity contribution is -0.159. The normalized spacial score (nSPS) is 10.1. The van der Waals surface area contributed by atoms with Gasteiger partial charge >= 0.3 is 11.9 Å². The summed E-state index contributed by atoms with van der Waals surface area (Å²) >= 11 is 0. The molecule has 0 saturated carbocycles. The van der Waals surface area contributed by atoms with Crippen LogP contribution >= 0.6 is 0 Å². The van der Waals surface area contributed by atoms with E-state index in [9.17, 15) is 14.4 Å². The van der Waals surface area contributed by atoms with Crippen LogP contribution in [0.1, 0.15) is 19.4 Å². The van der Waals surface area contributed by atoms with Gasteiger partial charge in [0.15, 0.2) is 18.1 Å². The summed E-state index contributed by atoms with van der Waals surface area (Å²) in [5.74, 6) is -1.66. The van der Waals surface area contributed by atoms with Crippen molar-refractivity contribution in [2.75, 3.05) is 26.9 Å². The van der Waals surface area contributed by atoms with Gasteiger partial charge in [-0.05, 0) is 38.0 Å². The Kier molecular flexibility index (Phi) is 9.42. The fourth-order valence-electron chi connectivity index (χ4n) is 2.14. The second-order valence-corrected chi connectivity index (χ2v) is 5.27. The van der Waals surface area contributed by atoms with Gasteiger partial charge in [-0.25, -0.2) is 9.59 Å². The van der Waals surface area contributed by atoms with Crippen LogP contribution in [0.2, 0.25) is 0 Å². The minimum atomic E-state index is -1.54. The van der Waals surface area contributed by atoms with Crippen LogP contribution in [-0.4, -0.2) is 50.8 Å². The summed E-state index contributed by atoms with van der Waals surface area (Å²) in [6.07, 6.45) is 2.42. The van der Waals surface area contributed by atoms with Gasteiger partial charge < -0.3 is 24.3 Å². The number of allylic oxidation sites excluding steroid dienone is 1. The lowest BCUT2D eigenvalue weighted by Gasteiger charge is -2.16. The first kappa shape index (κ1) is 22.0. The van der Waals surface area contributed by atoms with Gasteiger partial charge in [-0.3, -0.25) is 4.79 Å². The third-order valence-electron chi connectivity index (χ3n) is 3.32. The summed E-state index contributed by atoms with van der Waals surface area (Å²) in [4.78, 5) is 35.8. The van der Waals surface area contributed by atoms with Gasteiger partial charge in [-0.15, -0.1) is 6.58 Å². The first-order valence-electron chi connectivity index (χ1n) is 8.50. The van der Waals surface area contributed by atoms with Crippen molar-refractivity contribution >= 4 is 17.8 Å². The molecule has 0 heterocycles. The van der Waals surface area contributed by atoms with E-state index in [-0.39, 0.29) is 13.2 Å². The number of benzene rings is 1. The zero-order chi connectivity index (χ0) is 20.2. The number of esters is 2. The molecule has 0 aliphatic heterocycles. The number of rotatable bonds is 11. The van der Waals surface area contributed by atoms with Crippen molar-refractivity contribution in [2.45, 2.75) is 26.3 Å². The van der Waals surface area contributed by atoms with E-state index in [0.29, 0.717) is 17.9 Å². The van der Waals surface area contributed by atoms with Crippen LogP contribution in [0, 0.1) is 0 Å². The summed E-state index contributed by atoms with van der Waals surface area (Å²) in [7, 11) is 1.48. The molecule has 1 rings (SSSR count). The van der Waals surface area contributed by atoms with Gasteiger partial charge in [0.1, 0.15) is 0 Å². The van der Waals surface area contributed by atoms with Gasteiger partial charge in [-0.1, -0.05) is 12.1 Å². The smallest absolute Gasteiger partial charge is 0.340 e. The fourth-order valence-corrected chi connectivity index (χ4v) is 2.14. The summed E-state index contributed by atoms with van der Waals surface area (Å²) in [6, 6.07) is 3.71. The molecule has 0 bridgehead atoms. The first-order valence-corrected chi connectivity index (χ1v) is 8.50. The molecule has 148 valence electrons. The van der Waals surface area contributed by atoms with Crippen LogP contribution in [0.15, 0.2) is 30.9 Å². The van der Waals surface area contributed by atoms with Crippen molar-refractivity contribution in [1.82, 2.24) is 5.32 Å². The SMILES string of the molecule is C=CCc1ccc(OCC(=O)NC(C(=O)OCC)C(=O)OCC)c(OC)c1. The molecular formula is C19H25NO7. The van der Waals surface area contributed by atoms with Crippen molar-refractivity contribution < 1.29 is 33.3 Å². The van der Waals surface area contributed by atoms with E-state index in [1.165, 1.54) is 7.11 Å². The number of carbonyl (C=O) groups is 3. The molecule has 0 fully saturated rings. The Balaban J connectivity index is 2.75. The van der Waals surface area contributed by atoms with Gasteiger partial charge in [0.25, 0.3) is 5.91 Å². The van der Waals surface area contributed by atoms with Crippen molar-refractivity contribution in [3.8, 4) is 11.5 Å². The van der Waals surface area contributed by atoms with E-state index in [1.54, 1.807) is 32.1 Å². The molecule has 0 aliphatic rings. The molecule has 1 aromatic carbocycles. The Labute approximate surface area is 158 Å². The van der Waals surface area contributed by atoms with Crippen LogP contribution in [0.3, 0.4) is 0 Å². The van der Waals surface area contributed by atoms with E-state index in [0.717, 1.165) is 5.56 Å². The molecule has 1 aromatic rings. The second kappa shape index (κ2) is 11.6. The molecule has 0 spiro atoms. The Morgan fingerprint density at radius 2 is 1.74 bits per heavy atom. The molecule has 0 atom stereocenters. The van der Waals surface area contributed by atoms with Crippen LogP contribution < -0.4 is 14.8 Å². The van der Waals surface area contributed by atoms with Gasteiger partial charge in [0.2, 0.25) is 6.04 Å². The number of methoxy groups -OCH3 is 1. The lowest BCUT2D eigenvalue weighted by atomic mass is 10.1. The predicted octanol–water partition coefficient (Wildman–Crippen LogP) is 1.41. The molecule has 0 aromatic heterocycles. The molecule has 8 nitrogen and oxygen atoms in total. The van der Waals surface area contributed by atoms with Gasteiger partial charge in [-0.2, -0.15) is 0 Å². The van der Waals surface area contributed by atoms with E-state index in [4.69, 9.17) is 18.9 Å². The van der Waals surface area contributed by atoms with Crippen molar-refractivity contribution in [2.24, 2.45) is 0 Å². The number of nitrogens with one attached hydrogen (secondary N) is 1. The second-order valence-electron chi connectivity index (χ2n) is 5.27. The van der Waals surface area contributed by atoms with Gasteiger partial charge in [0, 0.05) is 0 Å². The largest absolute Gasteiger partial charge is 0.493 e. The number of carbonyl (C=O) groups excluding carboxylic acids is 3. The summed E-state index contributed by atoms with van der Waals surface area (Å²) in [5, 5.41) is 2.26.